The number of hydrogen-bond donors (Lipinski definition) is 2. The molecule has 4 nitrogen and oxygen atoms in total. The normalized spacial score (nSPS) is 11.7. The predicted molar refractivity (Wildman–Crippen MR) is 82.7 cm³/mol. The molecular formula is C17H19NO3. The van der Waals surface area contributed by atoms with Crippen LogP contribution in [-0.2, 0) is 4.79 Å². The van der Waals surface area contributed by atoms with Crippen molar-refractivity contribution in [3.8, 4) is 5.75 Å². The van der Waals surface area contributed by atoms with Gasteiger partial charge < -0.3 is 15.2 Å². The number of hydrogen-bond acceptors (Lipinski definition) is 3. The highest BCUT2D eigenvalue weighted by molar-refractivity contribution is 5.79. The maximum absolute atomic E-state index is 11.5. The van der Waals surface area contributed by atoms with E-state index in [0.717, 1.165) is 12.1 Å². The summed E-state index contributed by atoms with van der Waals surface area (Å²) >= 11 is 0. The highest BCUT2D eigenvalue weighted by Crippen LogP contribution is 2.23. The number of rotatable bonds is 7. The van der Waals surface area contributed by atoms with Gasteiger partial charge in [0.25, 0.3) is 0 Å². The molecule has 2 rings (SSSR count). The van der Waals surface area contributed by atoms with Crippen molar-refractivity contribution in [1.29, 1.82) is 0 Å². The van der Waals surface area contributed by atoms with E-state index in [4.69, 9.17) is 4.74 Å². The Balaban J connectivity index is 2.20. The Labute approximate surface area is 124 Å². The molecular weight excluding hydrogens is 266 g/mol. The number of aliphatic carboxylic acids is 1. The molecule has 0 radical (unpaired) electrons. The van der Waals surface area contributed by atoms with Crippen LogP contribution >= 0.6 is 0 Å². The number of para-hydroxylation sites is 1. The van der Waals surface area contributed by atoms with Crippen molar-refractivity contribution in [3.05, 3.63) is 60.2 Å². The molecule has 1 unspecified atom stereocenters. The molecule has 4 heteroatoms. The van der Waals surface area contributed by atoms with Crippen LogP contribution < -0.4 is 10.1 Å². The van der Waals surface area contributed by atoms with Gasteiger partial charge in [0.1, 0.15) is 5.75 Å². The monoisotopic (exact) mass is 285 g/mol. The molecule has 0 aliphatic heterocycles. The molecule has 0 saturated carbocycles. The third-order valence-electron chi connectivity index (χ3n) is 3.00. The summed E-state index contributed by atoms with van der Waals surface area (Å²) in [6.45, 7) is 2.65. The van der Waals surface area contributed by atoms with Gasteiger partial charge in [-0.05, 0) is 36.2 Å². The summed E-state index contributed by atoms with van der Waals surface area (Å²) in [6, 6.07) is 15.7. The van der Waals surface area contributed by atoms with Crippen LogP contribution in [0.15, 0.2) is 54.6 Å². The van der Waals surface area contributed by atoms with Crippen LogP contribution in [0.25, 0.3) is 0 Å². The molecule has 0 spiro atoms. The molecule has 0 bridgehead atoms. The van der Waals surface area contributed by atoms with Crippen molar-refractivity contribution >= 4 is 11.7 Å². The molecule has 0 amide bonds. The van der Waals surface area contributed by atoms with Gasteiger partial charge in [0.05, 0.1) is 6.61 Å². The zero-order valence-corrected chi connectivity index (χ0v) is 12.0. The van der Waals surface area contributed by atoms with Crippen LogP contribution in [0.2, 0.25) is 0 Å². The SMILES string of the molecule is CCCOc1cccc(C(Nc2ccccc2)C(=O)O)c1. The highest BCUT2D eigenvalue weighted by Gasteiger charge is 2.20. The quantitative estimate of drug-likeness (QED) is 0.814. The Bertz CT molecular complexity index is 584. The number of carbonyl (C=O) groups is 1. The van der Waals surface area contributed by atoms with Crippen LogP contribution in [0.5, 0.6) is 5.75 Å². The van der Waals surface area contributed by atoms with E-state index >= 15 is 0 Å². The lowest BCUT2D eigenvalue weighted by atomic mass is 10.1. The van der Waals surface area contributed by atoms with E-state index in [1.807, 2.05) is 49.4 Å². The van der Waals surface area contributed by atoms with Crippen molar-refractivity contribution in [2.45, 2.75) is 19.4 Å². The first-order valence-electron chi connectivity index (χ1n) is 6.98. The fourth-order valence-corrected chi connectivity index (χ4v) is 1.99. The van der Waals surface area contributed by atoms with Gasteiger partial charge in [0.2, 0.25) is 0 Å². The standard InChI is InChI=1S/C17H19NO3/c1-2-11-21-15-10-6-7-13(12-15)16(17(19)20)18-14-8-4-3-5-9-14/h3-10,12,16,18H,2,11H2,1H3,(H,19,20). The second kappa shape index (κ2) is 7.33. The summed E-state index contributed by atoms with van der Waals surface area (Å²) < 4.78 is 5.56. The van der Waals surface area contributed by atoms with Crippen LogP contribution in [0.4, 0.5) is 5.69 Å². The predicted octanol–water partition coefficient (Wildman–Crippen LogP) is 3.71. The number of nitrogens with one attached hydrogen (secondary N) is 1. The Hall–Kier alpha value is -2.49. The first-order valence-corrected chi connectivity index (χ1v) is 6.98. The highest BCUT2D eigenvalue weighted by atomic mass is 16.5. The summed E-state index contributed by atoms with van der Waals surface area (Å²) in [6.07, 6.45) is 0.912. The molecule has 0 saturated heterocycles. The molecule has 2 aromatic rings. The Morgan fingerprint density at radius 2 is 1.95 bits per heavy atom. The molecule has 1 atom stereocenters. The Morgan fingerprint density at radius 3 is 2.62 bits per heavy atom. The number of anilines is 1. The second-order valence-corrected chi connectivity index (χ2v) is 4.70. The lowest BCUT2D eigenvalue weighted by molar-refractivity contribution is -0.138. The minimum Gasteiger partial charge on any atom is -0.494 e. The van der Waals surface area contributed by atoms with Crippen molar-refractivity contribution < 1.29 is 14.6 Å². The minimum atomic E-state index is -0.925. The van der Waals surface area contributed by atoms with Gasteiger partial charge >= 0.3 is 5.97 Å². The summed E-state index contributed by atoms with van der Waals surface area (Å²) in [5.74, 6) is -0.234. The van der Waals surface area contributed by atoms with Crippen LogP contribution in [-0.4, -0.2) is 17.7 Å². The van der Waals surface area contributed by atoms with E-state index in [-0.39, 0.29) is 0 Å². The van der Waals surface area contributed by atoms with Gasteiger partial charge in [0, 0.05) is 5.69 Å². The maximum atomic E-state index is 11.5. The van der Waals surface area contributed by atoms with Crippen molar-refractivity contribution in [3.63, 3.8) is 0 Å². The number of benzene rings is 2. The van der Waals surface area contributed by atoms with E-state index < -0.39 is 12.0 Å². The molecule has 0 heterocycles. The van der Waals surface area contributed by atoms with Gasteiger partial charge in [-0.2, -0.15) is 0 Å². The van der Waals surface area contributed by atoms with Crippen molar-refractivity contribution in [1.82, 2.24) is 0 Å². The average molecular weight is 285 g/mol. The number of ether oxygens (including phenoxy) is 1. The van der Waals surface area contributed by atoms with Gasteiger partial charge in [-0.15, -0.1) is 0 Å². The topological polar surface area (TPSA) is 58.6 Å². The summed E-state index contributed by atoms with van der Waals surface area (Å²) in [5, 5.41) is 12.5. The molecule has 2 N–H and O–H groups in total. The lowest BCUT2D eigenvalue weighted by Crippen LogP contribution is -2.20. The first-order chi connectivity index (χ1) is 10.2. The number of carboxylic acids is 1. The molecule has 110 valence electrons. The zero-order chi connectivity index (χ0) is 15.1. The number of carboxylic acid groups (broad SMARTS) is 1. The fourth-order valence-electron chi connectivity index (χ4n) is 1.99. The van der Waals surface area contributed by atoms with Gasteiger partial charge in [-0.3, -0.25) is 0 Å². The van der Waals surface area contributed by atoms with E-state index in [9.17, 15) is 9.90 Å². The van der Waals surface area contributed by atoms with E-state index in [1.165, 1.54) is 0 Å². The van der Waals surface area contributed by atoms with Crippen LogP contribution in [0.3, 0.4) is 0 Å². The van der Waals surface area contributed by atoms with E-state index in [0.29, 0.717) is 17.9 Å². The van der Waals surface area contributed by atoms with Gasteiger partial charge in [0.15, 0.2) is 6.04 Å². The fraction of sp³-hybridized carbons (Fsp3) is 0.235. The third-order valence-corrected chi connectivity index (χ3v) is 3.00. The van der Waals surface area contributed by atoms with Crippen molar-refractivity contribution in [2.75, 3.05) is 11.9 Å². The molecule has 2 aromatic carbocycles. The lowest BCUT2D eigenvalue weighted by Gasteiger charge is -2.17. The smallest absolute Gasteiger partial charge is 0.330 e. The Morgan fingerprint density at radius 1 is 1.19 bits per heavy atom. The molecule has 0 aliphatic carbocycles. The van der Waals surface area contributed by atoms with Crippen LogP contribution in [0.1, 0.15) is 24.9 Å². The third kappa shape index (κ3) is 4.24. The zero-order valence-electron chi connectivity index (χ0n) is 12.0. The minimum absolute atomic E-state index is 0.618. The van der Waals surface area contributed by atoms with Gasteiger partial charge in [-0.1, -0.05) is 37.3 Å². The van der Waals surface area contributed by atoms with Crippen molar-refractivity contribution in [2.24, 2.45) is 0 Å². The summed E-state index contributed by atoms with van der Waals surface area (Å²) in [7, 11) is 0. The van der Waals surface area contributed by atoms with Crippen LogP contribution in [0, 0.1) is 0 Å². The van der Waals surface area contributed by atoms with E-state index in [1.54, 1.807) is 12.1 Å². The van der Waals surface area contributed by atoms with Gasteiger partial charge in [-0.25, -0.2) is 4.79 Å². The summed E-state index contributed by atoms with van der Waals surface area (Å²) in [4.78, 5) is 11.5. The Kier molecular flexibility index (Phi) is 5.21. The summed E-state index contributed by atoms with van der Waals surface area (Å²) in [5.41, 5.74) is 1.43. The maximum Gasteiger partial charge on any atom is 0.330 e. The average Bonchev–Trinajstić information content (AvgIpc) is 2.51. The molecule has 0 aliphatic rings. The molecule has 21 heavy (non-hydrogen) atoms. The first kappa shape index (κ1) is 14.9. The van der Waals surface area contributed by atoms with E-state index in [2.05, 4.69) is 5.32 Å². The molecule has 0 aromatic heterocycles. The largest absolute Gasteiger partial charge is 0.494 e. The second-order valence-electron chi connectivity index (χ2n) is 4.70. The molecule has 0 fully saturated rings.